The first-order chi connectivity index (χ1) is 11.7. The molecule has 6 heteroatoms. The number of amides is 1. The molecular weight excluding hydrogens is 304 g/mol. The quantitative estimate of drug-likeness (QED) is 0.850. The van der Waals surface area contributed by atoms with Crippen LogP contribution in [0.25, 0.3) is 0 Å². The van der Waals surface area contributed by atoms with Gasteiger partial charge in [-0.1, -0.05) is 42.5 Å². The summed E-state index contributed by atoms with van der Waals surface area (Å²) < 4.78 is 7.79. The van der Waals surface area contributed by atoms with E-state index < -0.39 is 0 Å². The van der Waals surface area contributed by atoms with Gasteiger partial charge in [0.15, 0.2) is 5.69 Å². The number of likely N-dealkylation sites (tertiary alicyclic amines) is 1. The maximum absolute atomic E-state index is 12.7. The van der Waals surface area contributed by atoms with Gasteiger partial charge in [-0.15, -0.1) is 5.10 Å². The van der Waals surface area contributed by atoms with Gasteiger partial charge < -0.3 is 9.64 Å². The molecule has 1 amide bonds. The Morgan fingerprint density at radius 1 is 1.21 bits per heavy atom. The maximum Gasteiger partial charge on any atom is 0.276 e. The molecule has 2 aliphatic heterocycles. The molecule has 24 heavy (non-hydrogen) atoms. The highest BCUT2D eigenvalue weighted by atomic mass is 16.5. The molecule has 2 aromatic rings. The van der Waals surface area contributed by atoms with Gasteiger partial charge in [0.2, 0.25) is 0 Å². The van der Waals surface area contributed by atoms with Gasteiger partial charge in [0, 0.05) is 13.1 Å². The molecule has 0 N–H and O–H groups in total. The largest absolute Gasteiger partial charge is 0.365 e. The van der Waals surface area contributed by atoms with Crippen molar-refractivity contribution >= 4 is 5.91 Å². The standard InChI is InChI=1S/C18H22N4O2/c1-13-7-9-21(10-8-13)18(23)17-15-12-24-16(11-22(15)20-19-17)14-5-3-2-4-6-14/h2-6,13,16H,7-12H2,1H3. The molecule has 4 rings (SSSR count). The van der Waals surface area contributed by atoms with E-state index in [1.165, 1.54) is 0 Å². The zero-order valence-corrected chi connectivity index (χ0v) is 13.9. The monoisotopic (exact) mass is 326 g/mol. The number of carbonyl (C=O) groups excluding carboxylic acids is 1. The topological polar surface area (TPSA) is 60.2 Å². The number of aromatic nitrogens is 3. The molecule has 0 spiro atoms. The maximum atomic E-state index is 12.7. The lowest BCUT2D eigenvalue weighted by Gasteiger charge is -2.30. The minimum atomic E-state index is -0.0424. The molecule has 1 saturated heterocycles. The molecule has 6 nitrogen and oxygen atoms in total. The van der Waals surface area contributed by atoms with Crippen molar-refractivity contribution in [3.8, 4) is 0 Å². The summed E-state index contributed by atoms with van der Waals surface area (Å²) in [5.41, 5.74) is 2.37. The summed E-state index contributed by atoms with van der Waals surface area (Å²) in [7, 11) is 0. The second kappa shape index (κ2) is 6.36. The van der Waals surface area contributed by atoms with E-state index in [4.69, 9.17) is 4.74 Å². The summed E-state index contributed by atoms with van der Waals surface area (Å²) in [6.45, 7) is 4.81. The van der Waals surface area contributed by atoms with Gasteiger partial charge in [0.05, 0.1) is 18.8 Å². The van der Waals surface area contributed by atoms with Gasteiger partial charge in [-0.3, -0.25) is 4.79 Å². The van der Waals surface area contributed by atoms with E-state index in [0.29, 0.717) is 24.8 Å². The first-order valence-electron chi connectivity index (χ1n) is 8.60. The van der Waals surface area contributed by atoms with Crippen LogP contribution in [0.5, 0.6) is 0 Å². The van der Waals surface area contributed by atoms with Crippen molar-refractivity contribution in [1.82, 2.24) is 19.9 Å². The molecule has 1 fully saturated rings. The van der Waals surface area contributed by atoms with E-state index in [-0.39, 0.29) is 12.0 Å². The Morgan fingerprint density at radius 2 is 1.96 bits per heavy atom. The SMILES string of the molecule is CC1CCN(C(=O)c2nnn3c2COC(c2ccccc2)C3)CC1. The minimum absolute atomic E-state index is 0.00934. The van der Waals surface area contributed by atoms with Gasteiger partial charge in [-0.25, -0.2) is 4.68 Å². The summed E-state index contributed by atoms with van der Waals surface area (Å²) in [4.78, 5) is 14.6. The van der Waals surface area contributed by atoms with E-state index in [1.54, 1.807) is 0 Å². The zero-order chi connectivity index (χ0) is 16.5. The summed E-state index contributed by atoms with van der Waals surface area (Å²) >= 11 is 0. The van der Waals surface area contributed by atoms with Crippen LogP contribution >= 0.6 is 0 Å². The Bertz CT molecular complexity index is 720. The lowest BCUT2D eigenvalue weighted by molar-refractivity contribution is -0.00200. The Labute approximate surface area is 141 Å². The summed E-state index contributed by atoms with van der Waals surface area (Å²) in [5, 5.41) is 8.36. The van der Waals surface area contributed by atoms with Gasteiger partial charge >= 0.3 is 0 Å². The van der Waals surface area contributed by atoms with Crippen LogP contribution in [0, 0.1) is 5.92 Å². The molecule has 1 unspecified atom stereocenters. The number of rotatable bonds is 2. The van der Waals surface area contributed by atoms with Crippen LogP contribution in [0.4, 0.5) is 0 Å². The number of ether oxygens (including phenoxy) is 1. The van der Waals surface area contributed by atoms with Crippen LogP contribution < -0.4 is 0 Å². The molecule has 1 aromatic carbocycles. The normalized spacial score (nSPS) is 21.5. The predicted molar refractivity (Wildman–Crippen MR) is 88.3 cm³/mol. The first kappa shape index (κ1) is 15.3. The van der Waals surface area contributed by atoms with Crippen molar-refractivity contribution in [2.24, 2.45) is 5.92 Å². The molecule has 3 heterocycles. The van der Waals surface area contributed by atoms with E-state index in [9.17, 15) is 4.79 Å². The second-order valence-corrected chi connectivity index (χ2v) is 6.75. The van der Waals surface area contributed by atoms with Gasteiger partial charge in [-0.2, -0.15) is 0 Å². The summed E-state index contributed by atoms with van der Waals surface area (Å²) in [5.74, 6) is 0.683. The van der Waals surface area contributed by atoms with Crippen molar-refractivity contribution < 1.29 is 9.53 Å². The number of benzene rings is 1. The van der Waals surface area contributed by atoms with Crippen molar-refractivity contribution in [3.05, 3.63) is 47.3 Å². The van der Waals surface area contributed by atoms with Crippen molar-refractivity contribution in [2.45, 2.75) is 39.0 Å². The van der Waals surface area contributed by atoms with Crippen molar-refractivity contribution in [3.63, 3.8) is 0 Å². The van der Waals surface area contributed by atoms with Crippen molar-refractivity contribution in [1.29, 1.82) is 0 Å². The van der Waals surface area contributed by atoms with Crippen LogP contribution in [0.2, 0.25) is 0 Å². The average Bonchev–Trinajstić information content (AvgIpc) is 3.05. The summed E-state index contributed by atoms with van der Waals surface area (Å²) in [6, 6.07) is 10.1. The molecular formula is C18H22N4O2. The molecule has 0 bridgehead atoms. The molecule has 0 radical (unpaired) electrons. The highest BCUT2D eigenvalue weighted by Gasteiger charge is 2.30. The smallest absolute Gasteiger partial charge is 0.276 e. The van der Waals surface area contributed by atoms with Crippen molar-refractivity contribution in [2.75, 3.05) is 13.1 Å². The molecule has 0 saturated carbocycles. The highest BCUT2D eigenvalue weighted by Crippen LogP contribution is 2.27. The second-order valence-electron chi connectivity index (χ2n) is 6.75. The summed E-state index contributed by atoms with van der Waals surface area (Å²) in [6.07, 6.45) is 2.07. The zero-order valence-electron chi connectivity index (χ0n) is 13.9. The molecule has 126 valence electrons. The predicted octanol–water partition coefficient (Wildman–Crippen LogP) is 2.42. The van der Waals surface area contributed by atoms with E-state index >= 15 is 0 Å². The Morgan fingerprint density at radius 3 is 2.71 bits per heavy atom. The third kappa shape index (κ3) is 2.82. The minimum Gasteiger partial charge on any atom is -0.365 e. The fourth-order valence-electron chi connectivity index (χ4n) is 3.41. The third-order valence-corrected chi connectivity index (χ3v) is 5.04. The molecule has 1 atom stereocenters. The van der Waals surface area contributed by atoms with E-state index in [2.05, 4.69) is 17.2 Å². The van der Waals surface area contributed by atoms with Crippen LogP contribution in [-0.4, -0.2) is 38.9 Å². The Balaban J connectivity index is 1.51. The lowest BCUT2D eigenvalue weighted by atomic mass is 9.99. The first-order valence-corrected chi connectivity index (χ1v) is 8.60. The van der Waals surface area contributed by atoms with Gasteiger partial charge in [-0.05, 0) is 24.3 Å². The van der Waals surface area contributed by atoms with E-state index in [1.807, 2.05) is 39.9 Å². The highest BCUT2D eigenvalue weighted by molar-refractivity contribution is 5.93. The van der Waals surface area contributed by atoms with Gasteiger partial charge in [0.1, 0.15) is 6.10 Å². The van der Waals surface area contributed by atoms with E-state index in [0.717, 1.165) is 37.2 Å². The fourth-order valence-corrected chi connectivity index (χ4v) is 3.41. The fraction of sp³-hybridized carbons (Fsp3) is 0.500. The third-order valence-electron chi connectivity index (χ3n) is 5.04. The Hall–Kier alpha value is -2.21. The molecule has 0 aliphatic carbocycles. The number of fused-ring (bicyclic) bond motifs is 1. The van der Waals surface area contributed by atoms with Gasteiger partial charge in [0.25, 0.3) is 5.91 Å². The number of piperidine rings is 1. The van der Waals surface area contributed by atoms with Crippen LogP contribution in [0.3, 0.4) is 0 Å². The Kier molecular flexibility index (Phi) is 4.06. The molecule has 1 aromatic heterocycles. The molecule has 2 aliphatic rings. The number of carbonyl (C=O) groups is 1. The number of hydrogen-bond donors (Lipinski definition) is 0. The van der Waals surface area contributed by atoms with Crippen LogP contribution in [0.15, 0.2) is 30.3 Å². The average molecular weight is 326 g/mol. The van der Waals surface area contributed by atoms with Crippen LogP contribution in [-0.2, 0) is 17.9 Å². The number of hydrogen-bond acceptors (Lipinski definition) is 4. The number of nitrogens with zero attached hydrogens (tertiary/aromatic N) is 4. The lowest BCUT2D eigenvalue weighted by Crippen LogP contribution is -2.38. The van der Waals surface area contributed by atoms with Crippen LogP contribution in [0.1, 0.15) is 47.6 Å².